The van der Waals surface area contributed by atoms with Crippen molar-refractivity contribution in [2.45, 2.75) is 19.6 Å². The SMILES string of the molecule is CC(COC(=O)NCc1ccc(Cl)cc1Cl)OC(N)=O. The normalized spacial score (nSPS) is 11.6. The van der Waals surface area contributed by atoms with Gasteiger partial charge in [0.25, 0.3) is 0 Å². The molecule has 0 aliphatic carbocycles. The first-order chi connectivity index (χ1) is 9.38. The average molecular weight is 321 g/mol. The van der Waals surface area contributed by atoms with E-state index in [1.54, 1.807) is 25.1 Å². The van der Waals surface area contributed by atoms with Crippen LogP contribution in [0.5, 0.6) is 0 Å². The van der Waals surface area contributed by atoms with Crippen molar-refractivity contribution in [3.63, 3.8) is 0 Å². The Morgan fingerprint density at radius 1 is 1.40 bits per heavy atom. The Kier molecular flexibility index (Phi) is 6.41. The molecule has 0 fully saturated rings. The van der Waals surface area contributed by atoms with Crippen molar-refractivity contribution in [3.05, 3.63) is 33.8 Å². The number of halogens is 2. The molecule has 3 N–H and O–H groups in total. The van der Waals surface area contributed by atoms with Crippen LogP contribution in [0.4, 0.5) is 9.59 Å². The van der Waals surface area contributed by atoms with Gasteiger partial charge in [0.05, 0.1) is 0 Å². The number of carbonyl (C=O) groups is 2. The molecular formula is C12H14Cl2N2O4. The van der Waals surface area contributed by atoms with Gasteiger partial charge in [-0.1, -0.05) is 29.3 Å². The monoisotopic (exact) mass is 320 g/mol. The Hall–Kier alpha value is -1.66. The van der Waals surface area contributed by atoms with Gasteiger partial charge < -0.3 is 20.5 Å². The largest absolute Gasteiger partial charge is 0.446 e. The number of nitrogens with one attached hydrogen (secondary N) is 1. The van der Waals surface area contributed by atoms with Crippen molar-refractivity contribution >= 4 is 35.4 Å². The maximum absolute atomic E-state index is 11.4. The molecule has 2 amide bonds. The third kappa shape index (κ3) is 5.99. The minimum atomic E-state index is -0.922. The molecule has 0 bridgehead atoms. The fraction of sp³-hybridized carbons (Fsp3) is 0.333. The molecule has 1 atom stereocenters. The lowest BCUT2D eigenvalue weighted by Crippen LogP contribution is -2.30. The summed E-state index contributed by atoms with van der Waals surface area (Å²) in [5.74, 6) is 0. The molecule has 0 aromatic heterocycles. The molecule has 0 saturated heterocycles. The molecular weight excluding hydrogens is 307 g/mol. The van der Waals surface area contributed by atoms with Crippen molar-refractivity contribution in [2.24, 2.45) is 5.73 Å². The molecule has 0 heterocycles. The van der Waals surface area contributed by atoms with Crippen LogP contribution in [0, 0.1) is 0 Å². The van der Waals surface area contributed by atoms with Crippen molar-refractivity contribution < 1.29 is 19.1 Å². The van der Waals surface area contributed by atoms with Crippen LogP contribution >= 0.6 is 23.2 Å². The first-order valence-corrected chi connectivity index (χ1v) is 6.44. The van der Waals surface area contributed by atoms with E-state index in [0.29, 0.717) is 15.6 Å². The van der Waals surface area contributed by atoms with Gasteiger partial charge in [-0.25, -0.2) is 9.59 Å². The number of hydrogen-bond donors (Lipinski definition) is 2. The number of hydrogen-bond acceptors (Lipinski definition) is 4. The number of benzene rings is 1. The Balaban J connectivity index is 2.34. The molecule has 0 aliphatic rings. The summed E-state index contributed by atoms with van der Waals surface area (Å²) in [5.41, 5.74) is 5.52. The van der Waals surface area contributed by atoms with Crippen LogP contribution in [0.1, 0.15) is 12.5 Å². The number of carbonyl (C=O) groups excluding carboxylic acids is 2. The summed E-state index contributed by atoms with van der Waals surface area (Å²) in [4.78, 5) is 21.9. The summed E-state index contributed by atoms with van der Waals surface area (Å²) in [5, 5.41) is 3.47. The van der Waals surface area contributed by atoms with E-state index in [-0.39, 0.29) is 13.2 Å². The zero-order valence-electron chi connectivity index (χ0n) is 10.7. The van der Waals surface area contributed by atoms with E-state index in [0.717, 1.165) is 0 Å². The van der Waals surface area contributed by atoms with Gasteiger partial charge in [0.2, 0.25) is 0 Å². The minimum absolute atomic E-state index is 0.0941. The molecule has 110 valence electrons. The van der Waals surface area contributed by atoms with Crippen LogP contribution in [0.2, 0.25) is 10.0 Å². The van der Waals surface area contributed by atoms with Gasteiger partial charge in [0.15, 0.2) is 0 Å². The first-order valence-electron chi connectivity index (χ1n) is 5.69. The number of primary amides is 1. The lowest BCUT2D eigenvalue weighted by Gasteiger charge is -2.12. The van der Waals surface area contributed by atoms with Crippen LogP contribution in [0.25, 0.3) is 0 Å². The zero-order chi connectivity index (χ0) is 15.1. The summed E-state index contributed by atoms with van der Waals surface area (Å²) in [6.07, 6.45) is -2.19. The molecule has 20 heavy (non-hydrogen) atoms. The second-order valence-electron chi connectivity index (χ2n) is 3.94. The van der Waals surface area contributed by atoms with Crippen molar-refractivity contribution in [2.75, 3.05) is 6.61 Å². The van der Waals surface area contributed by atoms with Crippen LogP contribution < -0.4 is 11.1 Å². The highest BCUT2D eigenvalue weighted by Crippen LogP contribution is 2.20. The van der Waals surface area contributed by atoms with E-state index in [9.17, 15) is 9.59 Å². The molecule has 0 saturated carbocycles. The van der Waals surface area contributed by atoms with Gasteiger partial charge in [-0.3, -0.25) is 0 Å². The van der Waals surface area contributed by atoms with E-state index in [1.807, 2.05) is 0 Å². The fourth-order valence-electron chi connectivity index (χ4n) is 1.31. The molecule has 8 heteroatoms. The van der Waals surface area contributed by atoms with E-state index < -0.39 is 18.3 Å². The first kappa shape index (κ1) is 16.4. The van der Waals surface area contributed by atoms with E-state index in [4.69, 9.17) is 33.7 Å². The summed E-state index contributed by atoms with van der Waals surface area (Å²) < 4.78 is 9.43. The predicted octanol–water partition coefficient (Wildman–Crippen LogP) is 2.70. The Labute approximate surface area is 126 Å². The van der Waals surface area contributed by atoms with Gasteiger partial charge >= 0.3 is 12.2 Å². The van der Waals surface area contributed by atoms with E-state index >= 15 is 0 Å². The highest BCUT2D eigenvalue weighted by Gasteiger charge is 2.10. The fourth-order valence-corrected chi connectivity index (χ4v) is 1.78. The molecule has 1 aromatic rings. The van der Waals surface area contributed by atoms with Gasteiger partial charge in [-0.15, -0.1) is 0 Å². The molecule has 1 unspecified atom stereocenters. The Morgan fingerprint density at radius 2 is 2.10 bits per heavy atom. The molecule has 6 nitrogen and oxygen atoms in total. The van der Waals surface area contributed by atoms with Gasteiger partial charge in [-0.05, 0) is 24.6 Å². The van der Waals surface area contributed by atoms with Crippen molar-refractivity contribution in [3.8, 4) is 0 Å². The maximum Gasteiger partial charge on any atom is 0.407 e. The Morgan fingerprint density at radius 3 is 2.70 bits per heavy atom. The summed E-state index contributed by atoms with van der Waals surface area (Å²) in [7, 11) is 0. The van der Waals surface area contributed by atoms with E-state index in [1.165, 1.54) is 0 Å². The van der Waals surface area contributed by atoms with Crippen LogP contribution in [0.3, 0.4) is 0 Å². The smallest absolute Gasteiger partial charge is 0.407 e. The van der Waals surface area contributed by atoms with Crippen molar-refractivity contribution in [1.82, 2.24) is 5.32 Å². The minimum Gasteiger partial charge on any atom is -0.446 e. The molecule has 1 rings (SSSR count). The third-order valence-electron chi connectivity index (χ3n) is 2.20. The quantitative estimate of drug-likeness (QED) is 0.872. The van der Waals surface area contributed by atoms with Gasteiger partial charge in [0.1, 0.15) is 12.7 Å². The second kappa shape index (κ2) is 7.81. The summed E-state index contributed by atoms with van der Waals surface area (Å²) in [6.45, 7) is 1.65. The van der Waals surface area contributed by atoms with Crippen LogP contribution in [-0.4, -0.2) is 24.9 Å². The predicted molar refractivity (Wildman–Crippen MR) is 74.8 cm³/mol. The molecule has 1 aromatic carbocycles. The zero-order valence-corrected chi connectivity index (χ0v) is 12.2. The van der Waals surface area contributed by atoms with Gasteiger partial charge in [-0.2, -0.15) is 0 Å². The number of alkyl carbamates (subject to hydrolysis) is 1. The maximum atomic E-state index is 11.4. The molecule has 0 radical (unpaired) electrons. The standard InChI is InChI=1S/C12H14Cl2N2O4/c1-7(20-11(15)17)6-19-12(18)16-5-8-2-3-9(13)4-10(8)14/h2-4,7H,5-6H2,1H3,(H2,15,17)(H,16,18). The number of ether oxygens (including phenoxy) is 2. The number of amides is 2. The topological polar surface area (TPSA) is 90.7 Å². The lowest BCUT2D eigenvalue weighted by molar-refractivity contribution is 0.0576. The second-order valence-corrected chi connectivity index (χ2v) is 4.78. The molecule has 0 aliphatic heterocycles. The summed E-state index contributed by atoms with van der Waals surface area (Å²) in [6, 6.07) is 4.94. The van der Waals surface area contributed by atoms with E-state index in [2.05, 4.69) is 10.1 Å². The van der Waals surface area contributed by atoms with Crippen molar-refractivity contribution in [1.29, 1.82) is 0 Å². The van der Waals surface area contributed by atoms with Gasteiger partial charge in [0, 0.05) is 16.6 Å². The third-order valence-corrected chi connectivity index (χ3v) is 2.79. The number of rotatable bonds is 5. The highest BCUT2D eigenvalue weighted by atomic mass is 35.5. The van der Waals surface area contributed by atoms with Crippen LogP contribution in [0.15, 0.2) is 18.2 Å². The summed E-state index contributed by atoms with van der Waals surface area (Å²) >= 11 is 11.7. The lowest BCUT2D eigenvalue weighted by atomic mass is 10.2. The highest BCUT2D eigenvalue weighted by molar-refractivity contribution is 6.35. The number of nitrogens with two attached hydrogens (primary N) is 1. The molecule has 0 spiro atoms. The average Bonchev–Trinajstić information content (AvgIpc) is 2.34. The van der Waals surface area contributed by atoms with Crippen LogP contribution in [-0.2, 0) is 16.0 Å². The Bertz CT molecular complexity index is 496.